The number of benzene rings is 1. The summed E-state index contributed by atoms with van der Waals surface area (Å²) in [6.07, 6.45) is -0.489. The van der Waals surface area contributed by atoms with Gasteiger partial charge in [0.15, 0.2) is 0 Å². The molecule has 0 amide bonds. The fourth-order valence-electron chi connectivity index (χ4n) is 2.30. The van der Waals surface area contributed by atoms with Gasteiger partial charge in [-0.1, -0.05) is 12.1 Å². The first kappa shape index (κ1) is 15.7. The highest BCUT2D eigenvalue weighted by Gasteiger charge is 2.39. The van der Waals surface area contributed by atoms with Crippen LogP contribution in [0.4, 0.5) is 0 Å². The van der Waals surface area contributed by atoms with Crippen molar-refractivity contribution >= 4 is 21.6 Å². The van der Waals surface area contributed by atoms with Crippen LogP contribution in [-0.2, 0) is 25.4 Å². The number of ether oxygens (including phenoxy) is 2. The highest BCUT2D eigenvalue weighted by atomic mass is 35.5. The summed E-state index contributed by atoms with van der Waals surface area (Å²) in [4.78, 5) is 0.252. The lowest BCUT2D eigenvalue weighted by Crippen LogP contribution is -2.30. The summed E-state index contributed by atoms with van der Waals surface area (Å²) in [6.45, 7) is 0.588. The number of sulfonamides is 1. The van der Waals surface area contributed by atoms with Crippen molar-refractivity contribution in [2.45, 2.75) is 23.0 Å². The Balaban J connectivity index is 2.27. The van der Waals surface area contributed by atoms with Crippen molar-refractivity contribution in [2.24, 2.45) is 0 Å². The van der Waals surface area contributed by atoms with Crippen molar-refractivity contribution in [3.8, 4) is 0 Å². The Morgan fingerprint density at radius 1 is 1.25 bits per heavy atom. The van der Waals surface area contributed by atoms with Gasteiger partial charge in [-0.3, -0.25) is 0 Å². The van der Waals surface area contributed by atoms with E-state index in [2.05, 4.69) is 0 Å². The molecule has 0 saturated carbocycles. The molecule has 1 fully saturated rings. The Bertz CT molecular complexity index is 551. The van der Waals surface area contributed by atoms with Crippen LogP contribution in [0.25, 0.3) is 0 Å². The molecular weight excluding hydrogens is 302 g/mol. The van der Waals surface area contributed by atoms with Gasteiger partial charge >= 0.3 is 0 Å². The average molecular weight is 320 g/mol. The van der Waals surface area contributed by atoms with Gasteiger partial charge in [-0.25, -0.2) is 8.42 Å². The van der Waals surface area contributed by atoms with Gasteiger partial charge in [-0.05, 0) is 17.7 Å². The maximum absolute atomic E-state index is 12.6. The number of hydrogen-bond donors (Lipinski definition) is 0. The molecule has 20 heavy (non-hydrogen) atoms. The third-order valence-electron chi connectivity index (χ3n) is 3.48. The van der Waals surface area contributed by atoms with Crippen LogP contribution >= 0.6 is 11.6 Å². The molecule has 1 aromatic carbocycles. The summed E-state index contributed by atoms with van der Waals surface area (Å²) in [5, 5.41) is 0. The first-order chi connectivity index (χ1) is 9.52. The third-order valence-corrected chi connectivity index (χ3v) is 5.61. The Morgan fingerprint density at radius 3 is 2.35 bits per heavy atom. The molecule has 7 heteroatoms. The zero-order valence-corrected chi connectivity index (χ0v) is 13.0. The predicted octanol–water partition coefficient (Wildman–Crippen LogP) is 1.46. The van der Waals surface area contributed by atoms with Crippen LogP contribution in [0.5, 0.6) is 0 Å². The van der Waals surface area contributed by atoms with Crippen molar-refractivity contribution in [1.29, 1.82) is 0 Å². The molecule has 1 saturated heterocycles. The van der Waals surface area contributed by atoms with E-state index in [0.29, 0.717) is 13.1 Å². The second-order valence-electron chi connectivity index (χ2n) is 4.65. The normalized spacial score (nSPS) is 24.1. The van der Waals surface area contributed by atoms with E-state index < -0.39 is 10.0 Å². The van der Waals surface area contributed by atoms with Crippen molar-refractivity contribution in [3.63, 3.8) is 0 Å². The molecule has 1 aromatic rings. The molecule has 0 radical (unpaired) electrons. The van der Waals surface area contributed by atoms with E-state index in [9.17, 15) is 8.42 Å². The van der Waals surface area contributed by atoms with E-state index in [1.807, 2.05) is 0 Å². The summed E-state index contributed by atoms with van der Waals surface area (Å²) in [5.74, 6) is 0.282. The molecule has 2 atom stereocenters. The minimum absolute atomic E-state index is 0.244. The quantitative estimate of drug-likeness (QED) is 0.771. The zero-order chi connectivity index (χ0) is 14.8. The van der Waals surface area contributed by atoms with Crippen LogP contribution in [0.3, 0.4) is 0 Å². The molecule has 2 unspecified atom stereocenters. The first-order valence-electron chi connectivity index (χ1n) is 6.23. The van der Waals surface area contributed by atoms with Gasteiger partial charge in [0.2, 0.25) is 10.0 Å². The Hall–Kier alpha value is -0.660. The molecule has 112 valence electrons. The minimum Gasteiger partial charge on any atom is -0.377 e. The van der Waals surface area contributed by atoms with Gasteiger partial charge in [0.05, 0.1) is 17.1 Å². The molecule has 0 aliphatic carbocycles. The molecule has 2 rings (SSSR count). The smallest absolute Gasteiger partial charge is 0.243 e. The fourth-order valence-corrected chi connectivity index (χ4v) is 4.00. The zero-order valence-electron chi connectivity index (χ0n) is 11.5. The molecule has 0 spiro atoms. The predicted molar refractivity (Wildman–Crippen MR) is 76.4 cm³/mol. The first-order valence-corrected chi connectivity index (χ1v) is 8.21. The largest absolute Gasteiger partial charge is 0.377 e. The van der Waals surface area contributed by atoms with Gasteiger partial charge in [-0.2, -0.15) is 4.31 Å². The van der Waals surface area contributed by atoms with E-state index in [4.69, 9.17) is 21.1 Å². The Labute approximate surface area is 124 Å². The summed E-state index contributed by atoms with van der Waals surface area (Å²) in [6, 6.07) is 6.67. The van der Waals surface area contributed by atoms with Gasteiger partial charge < -0.3 is 9.47 Å². The van der Waals surface area contributed by atoms with E-state index in [0.717, 1.165) is 5.56 Å². The van der Waals surface area contributed by atoms with Gasteiger partial charge in [0.1, 0.15) is 0 Å². The van der Waals surface area contributed by atoms with Gasteiger partial charge in [0, 0.05) is 33.2 Å². The highest BCUT2D eigenvalue weighted by molar-refractivity contribution is 7.89. The fraction of sp³-hybridized carbons (Fsp3) is 0.538. The monoisotopic (exact) mass is 319 g/mol. The van der Waals surface area contributed by atoms with E-state index in [1.54, 1.807) is 38.5 Å². The molecular formula is C13H18ClNO4S. The summed E-state index contributed by atoms with van der Waals surface area (Å²) < 4.78 is 37.1. The lowest BCUT2D eigenvalue weighted by atomic mass is 10.2. The molecule has 0 bridgehead atoms. The van der Waals surface area contributed by atoms with Crippen molar-refractivity contribution in [2.75, 3.05) is 27.3 Å². The van der Waals surface area contributed by atoms with Gasteiger partial charge in [0.25, 0.3) is 0 Å². The van der Waals surface area contributed by atoms with Crippen LogP contribution < -0.4 is 0 Å². The lowest BCUT2D eigenvalue weighted by Gasteiger charge is -2.16. The van der Waals surface area contributed by atoms with E-state index in [-0.39, 0.29) is 23.0 Å². The Morgan fingerprint density at radius 2 is 1.85 bits per heavy atom. The maximum atomic E-state index is 12.6. The average Bonchev–Trinajstić information content (AvgIpc) is 2.91. The Kier molecular flexibility index (Phi) is 5.04. The number of hydrogen-bond acceptors (Lipinski definition) is 4. The second kappa shape index (κ2) is 6.41. The van der Waals surface area contributed by atoms with Crippen LogP contribution in [-0.4, -0.2) is 52.2 Å². The number of halogens is 1. The maximum Gasteiger partial charge on any atom is 0.243 e. The number of nitrogens with zero attached hydrogens (tertiary/aromatic N) is 1. The lowest BCUT2D eigenvalue weighted by molar-refractivity contribution is -0.00461. The second-order valence-corrected chi connectivity index (χ2v) is 6.86. The van der Waals surface area contributed by atoms with Gasteiger partial charge in [-0.15, -0.1) is 11.6 Å². The van der Waals surface area contributed by atoms with Crippen LogP contribution in [0.1, 0.15) is 5.56 Å². The standard InChI is InChI=1S/C13H18ClNO4S/c1-18-12-8-15(9-13(12)19-2)20(16,17)11-5-3-4-10(6-11)7-14/h3-6,12-13H,7-9H2,1-2H3. The molecule has 1 aliphatic rings. The minimum atomic E-state index is -3.54. The number of rotatable bonds is 5. The summed E-state index contributed by atoms with van der Waals surface area (Å²) in [7, 11) is -0.430. The van der Waals surface area contributed by atoms with Crippen molar-refractivity contribution in [1.82, 2.24) is 4.31 Å². The van der Waals surface area contributed by atoms with Crippen LogP contribution in [0.2, 0.25) is 0 Å². The molecule has 5 nitrogen and oxygen atoms in total. The van der Waals surface area contributed by atoms with Crippen LogP contribution in [0, 0.1) is 0 Å². The number of alkyl halides is 1. The van der Waals surface area contributed by atoms with Crippen LogP contribution in [0.15, 0.2) is 29.2 Å². The number of methoxy groups -OCH3 is 2. The topological polar surface area (TPSA) is 55.8 Å². The molecule has 0 N–H and O–H groups in total. The molecule has 1 heterocycles. The molecule has 0 aromatic heterocycles. The third kappa shape index (κ3) is 2.99. The van der Waals surface area contributed by atoms with E-state index in [1.165, 1.54) is 4.31 Å². The summed E-state index contributed by atoms with van der Waals surface area (Å²) >= 11 is 5.75. The SMILES string of the molecule is COC1CN(S(=O)(=O)c2cccc(CCl)c2)CC1OC. The van der Waals surface area contributed by atoms with Crippen molar-refractivity contribution < 1.29 is 17.9 Å². The van der Waals surface area contributed by atoms with E-state index >= 15 is 0 Å². The molecule has 1 aliphatic heterocycles. The highest BCUT2D eigenvalue weighted by Crippen LogP contribution is 2.24. The summed E-state index contributed by atoms with van der Waals surface area (Å²) in [5.41, 5.74) is 0.776. The van der Waals surface area contributed by atoms with Crippen molar-refractivity contribution in [3.05, 3.63) is 29.8 Å².